The van der Waals surface area contributed by atoms with E-state index in [9.17, 15) is 19.2 Å². The van der Waals surface area contributed by atoms with Gasteiger partial charge in [-0.1, -0.05) is 54.6 Å². The van der Waals surface area contributed by atoms with E-state index in [2.05, 4.69) is 10.6 Å². The van der Waals surface area contributed by atoms with Crippen LogP contribution in [0.3, 0.4) is 0 Å². The summed E-state index contributed by atoms with van der Waals surface area (Å²) in [5.74, 6) is -0.452. The van der Waals surface area contributed by atoms with E-state index in [0.29, 0.717) is 23.1 Å². The Kier molecular flexibility index (Phi) is 7.44. The molecule has 36 heavy (non-hydrogen) atoms. The minimum Gasteiger partial charge on any atom is -0.354 e. The van der Waals surface area contributed by atoms with Gasteiger partial charge >= 0.3 is 5.69 Å². The molecule has 4 aromatic rings. The van der Waals surface area contributed by atoms with Crippen LogP contribution in [0.4, 0.5) is 0 Å². The number of nitrogens with one attached hydrogen (secondary N) is 2. The number of fused-ring (bicyclic) bond motifs is 1. The van der Waals surface area contributed by atoms with Gasteiger partial charge in [-0.05, 0) is 49.2 Å². The van der Waals surface area contributed by atoms with E-state index in [1.54, 1.807) is 48.5 Å². The van der Waals surface area contributed by atoms with E-state index < -0.39 is 11.2 Å². The third-order valence-corrected chi connectivity index (χ3v) is 5.69. The van der Waals surface area contributed by atoms with Crippen molar-refractivity contribution in [3.63, 3.8) is 0 Å². The molecule has 0 aliphatic heterocycles. The first-order valence-corrected chi connectivity index (χ1v) is 11.8. The van der Waals surface area contributed by atoms with Crippen LogP contribution in [0.1, 0.15) is 25.0 Å². The highest BCUT2D eigenvalue weighted by Gasteiger charge is 2.16. The van der Waals surface area contributed by atoms with Crippen LogP contribution in [-0.2, 0) is 29.1 Å². The largest absolute Gasteiger partial charge is 0.354 e. The predicted octanol–water partition coefficient (Wildman–Crippen LogP) is 2.54. The number of nitrogens with zero attached hydrogens (tertiary/aromatic N) is 2. The van der Waals surface area contributed by atoms with Gasteiger partial charge in [0.2, 0.25) is 11.8 Å². The van der Waals surface area contributed by atoms with Crippen molar-refractivity contribution in [1.29, 1.82) is 0 Å². The molecular formula is C28H28N4O4. The van der Waals surface area contributed by atoms with Crippen molar-refractivity contribution in [1.82, 2.24) is 19.8 Å². The lowest BCUT2D eigenvalue weighted by Gasteiger charge is -2.15. The van der Waals surface area contributed by atoms with E-state index >= 15 is 0 Å². The highest BCUT2D eigenvalue weighted by Crippen LogP contribution is 2.12. The van der Waals surface area contributed by atoms with Crippen LogP contribution >= 0.6 is 0 Å². The average Bonchev–Trinajstić information content (AvgIpc) is 2.86. The molecule has 1 heterocycles. The number of para-hydroxylation sites is 1. The first kappa shape index (κ1) is 24.7. The Balaban J connectivity index is 1.66. The first-order chi connectivity index (χ1) is 17.3. The van der Waals surface area contributed by atoms with Crippen LogP contribution in [-0.4, -0.2) is 27.0 Å². The molecule has 8 heteroatoms. The van der Waals surface area contributed by atoms with Gasteiger partial charge < -0.3 is 10.6 Å². The van der Waals surface area contributed by atoms with Crippen LogP contribution in [0.2, 0.25) is 0 Å². The number of hydrogen-bond acceptors (Lipinski definition) is 4. The van der Waals surface area contributed by atoms with E-state index in [1.165, 1.54) is 4.57 Å². The molecule has 3 aromatic carbocycles. The molecule has 0 unspecified atom stereocenters. The molecule has 0 saturated heterocycles. The summed E-state index contributed by atoms with van der Waals surface area (Å²) >= 11 is 0. The van der Waals surface area contributed by atoms with Crippen LogP contribution in [0.25, 0.3) is 16.6 Å². The summed E-state index contributed by atoms with van der Waals surface area (Å²) in [6, 6.07) is 22.9. The molecule has 0 atom stereocenters. The lowest BCUT2D eigenvalue weighted by atomic mass is 10.1. The maximum atomic E-state index is 13.5. The fraction of sp³-hybridized carbons (Fsp3) is 0.214. The second kappa shape index (κ2) is 10.9. The van der Waals surface area contributed by atoms with Gasteiger partial charge in [0.05, 0.1) is 23.0 Å². The van der Waals surface area contributed by atoms with Gasteiger partial charge in [0, 0.05) is 12.6 Å². The smallest absolute Gasteiger partial charge is 0.336 e. The highest BCUT2D eigenvalue weighted by atomic mass is 16.2. The molecule has 0 radical (unpaired) electrons. The van der Waals surface area contributed by atoms with E-state index in [4.69, 9.17) is 0 Å². The molecule has 0 aliphatic rings. The topological polar surface area (TPSA) is 102 Å². The van der Waals surface area contributed by atoms with Crippen molar-refractivity contribution in [3.8, 4) is 5.69 Å². The quantitative estimate of drug-likeness (QED) is 0.401. The maximum Gasteiger partial charge on any atom is 0.336 e. The minimum absolute atomic E-state index is 0.0383. The van der Waals surface area contributed by atoms with Gasteiger partial charge in [0.25, 0.3) is 5.56 Å². The van der Waals surface area contributed by atoms with Crippen molar-refractivity contribution in [2.45, 2.75) is 39.4 Å². The molecule has 0 bridgehead atoms. The minimum atomic E-state index is -0.612. The van der Waals surface area contributed by atoms with Gasteiger partial charge in [-0.25, -0.2) is 9.36 Å². The fourth-order valence-electron chi connectivity index (χ4n) is 4.02. The Morgan fingerprint density at radius 3 is 2.17 bits per heavy atom. The van der Waals surface area contributed by atoms with Crippen LogP contribution in [0.15, 0.2) is 88.5 Å². The van der Waals surface area contributed by atoms with Crippen molar-refractivity contribution in [3.05, 3.63) is 111 Å². The molecule has 0 fully saturated rings. The SMILES string of the molecule is CC(C)NC(=O)Cc1ccc(-n2c(=O)c3ccccc3n(CC(=O)NCc3ccccc3)c2=O)cc1. The Labute approximate surface area is 208 Å². The van der Waals surface area contributed by atoms with Gasteiger partial charge in [0.1, 0.15) is 6.54 Å². The van der Waals surface area contributed by atoms with Crippen LogP contribution < -0.4 is 21.9 Å². The molecule has 2 N–H and O–H groups in total. The summed E-state index contributed by atoms with van der Waals surface area (Å²) in [7, 11) is 0. The Morgan fingerprint density at radius 1 is 0.806 bits per heavy atom. The Hall–Kier alpha value is -4.46. The summed E-state index contributed by atoms with van der Waals surface area (Å²) in [6.45, 7) is 3.87. The standard InChI is InChI=1S/C28H28N4O4/c1-19(2)30-25(33)16-20-12-14-22(15-13-20)32-27(35)23-10-6-7-11-24(23)31(28(32)36)18-26(34)29-17-21-8-4-3-5-9-21/h3-15,19H,16-18H2,1-2H3,(H,29,34)(H,30,33). The number of carbonyl (C=O) groups is 2. The molecule has 4 rings (SSSR count). The fourth-order valence-corrected chi connectivity index (χ4v) is 4.02. The predicted molar refractivity (Wildman–Crippen MR) is 139 cm³/mol. The molecule has 0 aliphatic carbocycles. The molecule has 2 amide bonds. The van der Waals surface area contributed by atoms with E-state index in [0.717, 1.165) is 15.7 Å². The summed E-state index contributed by atoms with van der Waals surface area (Å²) < 4.78 is 2.37. The lowest BCUT2D eigenvalue weighted by molar-refractivity contribution is -0.122. The Bertz CT molecular complexity index is 1500. The number of hydrogen-bond donors (Lipinski definition) is 2. The summed E-state index contributed by atoms with van der Waals surface area (Å²) in [5.41, 5.74) is 1.37. The third kappa shape index (κ3) is 5.60. The molecule has 0 saturated carbocycles. The zero-order chi connectivity index (χ0) is 25.7. The second-order valence-electron chi connectivity index (χ2n) is 8.85. The van der Waals surface area contributed by atoms with E-state index in [1.807, 2.05) is 44.2 Å². The zero-order valence-corrected chi connectivity index (χ0v) is 20.2. The number of carbonyl (C=O) groups excluding carboxylic acids is 2. The van der Waals surface area contributed by atoms with Crippen molar-refractivity contribution < 1.29 is 9.59 Å². The lowest BCUT2D eigenvalue weighted by Crippen LogP contribution is -2.41. The monoisotopic (exact) mass is 484 g/mol. The van der Waals surface area contributed by atoms with Crippen molar-refractivity contribution in [2.75, 3.05) is 0 Å². The van der Waals surface area contributed by atoms with Gasteiger partial charge in [-0.15, -0.1) is 0 Å². The third-order valence-electron chi connectivity index (χ3n) is 5.69. The normalized spacial score (nSPS) is 11.0. The summed E-state index contributed by atoms with van der Waals surface area (Å²) in [6.07, 6.45) is 0.191. The van der Waals surface area contributed by atoms with Gasteiger partial charge in [0.15, 0.2) is 0 Å². The van der Waals surface area contributed by atoms with Crippen LogP contribution in [0, 0.1) is 0 Å². The summed E-state index contributed by atoms with van der Waals surface area (Å²) in [4.78, 5) is 51.6. The van der Waals surface area contributed by atoms with Gasteiger partial charge in [-0.3, -0.25) is 19.0 Å². The molecular weight excluding hydrogens is 456 g/mol. The van der Waals surface area contributed by atoms with Crippen LogP contribution in [0.5, 0.6) is 0 Å². The molecule has 1 aromatic heterocycles. The Morgan fingerprint density at radius 2 is 1.47 bits per heavy atom. The number of aromatic nitrogens is 2. The maximum absolute atomic E-state index is 13.5. The van der Waals surface area contributed by atoms with E-state index in [-0.39, 0.29) is 30.8 Å². The molecule has 0 spiro atoms. The van der Waals surface area contributed by atoms with Gasteiger partial charge in [-0.2, -0.15) is 0 Å². The number of benzene rings is 3. The zero-order valence-electron chi connectivity index (χ0n) is 20.2. The van der Waals surface area contributed by atoms with Crippen molar-refractivity contribution in [2.24, 2.45) is 0 Å². The van der Waals surface area contributed by atoms with Crippen molar-refractivity contribution >= 4 is 22.7 Å². The first-order valence-electron chi connectivity index (χ1n) is 11.8. The second-order valence-corrected chi connectivity index (χ2v) is 8.85. The molecule has 184 valence electrons. The summed E-state index contributed by atoms with van der Waals surface area (Å²) in [5, 5.41) is 5.99. The number of rotatable bonds is 8. The average molecular weight is 485 g/mol. The highest BCUT2D eigenvalue weighted by molar-refractivity contribution is 5.82. The molecule has 8 nitrogen and oxygen atoms in total. The number of amides is 2.